The van der Waals surface area contributed by atoms with E-state index in [-0.39, 0.29) is 0 Å². The lowest BCUT2D eigenvalue weighted by molar-refractivity contribution is 0.341. The number of nitrogens with zero attached hydrogens (tertiary/aromatic N) is 3. The van der Waals surface area contributed by atoms with Crippen molar-refractivity contribution < 1.29 is 0 Å². The van der Waals surface area contributed by atoms with Crippen molar-refractivity contribution in [3.05, 3.63) is 35.3 Å². The molecular weight excluding hydrogens is 222 g/mol. The molecule has 3 nitrogen and oxygen atoms in total. The second kappa shape index (κ2) is 6.30. The van der Waals surface area contributed by atoms with Gasteiger partial charge in [0, 0.05) is 30.7 Å². The lowest BCUT2D eigenvalue weighted by atomic mass is 9.94. The maximum atomic E-state index is 8.95. The van der Waals surface area contributed by atoms with Crippen molar-refractivity contribution in [3.63, 3.8) is 0 Å². The Labute approximate surface area is 111 Å². The SMILES string of the molecule is CCC(C)C(/C=C(\C)C#N)=C(/C)N1C=CN(C)C1. The van der Waals surface area contributed by atoms with Crippen LogP contribution in [0.25, 0.3) is 0 Å². The van der Waals surface area contributed by atoms with E-state index in [0.717, 1.165) is 18.7 Å². The molecule has 0 saturated heterocycles. The summed E-state index contributed by atoms with van der Waals surface area (Å²) in [7, 11) is 2.06. The molecule has 1 unspecified atom stereocenters. The van der Waals surface area contributed by atoms with Gasteiger partial charge in [-0.3, -0.25) is 0 Å². The minimum Gasteiger partial charge on any atom is -0.361 e. The van der Waals surface area contributed by atoms with E-state index in [1.807, 2.05) is 13.0 Å². The average molecular weight is 245 g/mol. The molecule has 0 aromatic carbocycles. The van der Waals surface area contributed by atoms with Crippen molar-refractivity contribution in [1.29, 1.82) is 5.26 Å². The predicted molar refractivity (Wildman–Crippen MR) is 75.1 cm³/mol. The smallest absolute Gasteiger partial charge is 0.0944 e. The van der Waals surface area contributed by atoms with Crippen LogP contribution in [0.3, 0.4) is 0 Å². The monoisotopic (exact) mass is 245 g/mol. The normalized spacial score (nSPS) is 18.8. The first-order chi connectivity index (χ1) is 8.49. The molecular formula is C15H23N3. The van der Waals surface area contributed by atoms with Crippen LogP contribution in [0, 0.1) is 17.2 Å². The summed E-state index contributed by atoms with van der Waals surface area (Å²) in [6, 6.07) is 2.21. The first-order valence-corrected chi connectivity index (χ1v) is 6.44. The third-order valence-corrected chi connectivity index (χ3v) is 3.42. The Morgan fingerprint density at radius 3 is 2.56 bits per heavy atom. The Balaban J connectivity index is 3.08. The van der Waals surface area contributed by atoms with Gasteiger partial charge in [0.25, 0.3) is 0 Å². The Hall–Kier alpha value is -1.69. The maximum absolute atomic E-state index is 8.95. The van der Waals surface area contributed by atoms with E-state index in [1.54, 1.807) is 0 Å². The standard InChI is InChI=1S/C15H23N3/c1-6-13(3)15(9-12(2)10-16)14(4)18-8-7-17(5)11-18/h7-9,13H,6,11H2,1-5H3/b12-9+,15-14-. The summed E-state index contributed by atoms with van der Waals surface area (Å²) in [6.07, 6.45) is 7.26. The molecule has 0 fully saturated rings. The van der Waals surface area contributed by atoms with Crippen LogP contribution in [0.2, 0.25) is 0 Å². The van der Waals surface area contributed by atoms with Gasteiger partial charge in [0.05, 0.1) is 12.7 Å². The second-order valence-electron chi connectivity index (χ2n) is 4.96. The minimum absolute atomic E-state index is 0.465. The molecule has 1 aliphatic rings. The number of nitriles is 1. The number of rotatable bonds is 4. The van der Waals surface area contributed by atoms with Crippen LogP contribution in [0.15, 0.2) is 35.3 Å². The average Bonchev–Trinajstić information content (AvgIpc) is 2.80. The van der Waals surface area contributed by atoms with Crippen molar-refractivity contribution in [2.75, 3.05) is 13.7 Å². The Morgan fingerprint density at radius 2 is 2.11 bits per heavy atom. The van der Waals surface area contributed by atoms with Crippen molar-refractivity contribution in [1.82, 2.24) is 9.80 Å². The van der Waals surface area contributed by atoms with E-state index < -0.39 is 0 Å². The van der Waals surface area contributed by atoms with Gasteiger partial charge in [0.1, 0.15) is 0 Å². The molecule has 0 bridgehead atoms. The molecule has 0 saturated carbocycles. The molecule has 1 atom stereocenters. The van der Waals surface area contributed by atoms with E-state index in [9.17, 15) is 0 Å². The summed E-state index contributed by atoms with van der Waals surface area (Å²) in [6.45, 7) is 9.27. The summed E-state index contributed by atoms with van der Waals surface area (Å²) in [5, 5.41) is 8.95. The third-order valence-electron chi connectivity index (χ3n) is 3.42. The zero-order chi connectivity index (χ0) is 13.7. The zero-order valence-electron chi connectivity index (χ0n) is 12.1. The van der Waals surface area contributed by atoms with Gasteiger partial charge in [-0.15, -0.1) is 0 Å². The van der Waals surface area contributed by atoms with E-state index >= 15 is 0 Å². The Morgan fingerprint density at radius 1 is 1.44 bits per heavy atom. The summed E-state index contributed by atoms with van der Waals surface area (Å²) >= 11 is 0. The fourth-order valence-corrected chi connectivity index (χ4v) is 2.00. The lowest BCUT2D eigenvalue weighted by Crippen LogP contribution is -2.22. The summed E-state index contributed by atoms with van der Waals surface area (Å²) < 4.78 is 0. The summed E-state index contributed by atoms with van der Waals surface area (Å²) in [5.74, 6) is 0.465. The summed E-state index contributed by atoms with van der Waals surface area (Å²) in [4.78, 5) is 4.36. The van der Waals surface area contributed by atoms with Gasteiger partial charge in [0.15, 0.2) is 0 Å². The Kier molecular flexibility index (Phi) is 5.03. The van der Waals surface area contributed by atoms with Crippen molar-refractivity contribution >= 4 is 0 Å². The fourth-order valence-electron chi connectivity index (χ4n) is 2.00. The van der Waals surface area contributed by atoms with Gasteiger partial charge >= 0.3 is 0 Å². The molecule has 0 aromatic rings. The van der Waals surface area contributed by atoms with E-state index in [4.69, 9.17) is 5.26 Å². The highest BCUT2D eigenvalue weighted by Gasteiger charge is 2.16. The van der Waals surface area contributed by atoms with Crippen molar-refractivity contribution in [2.24, 2.45) is 5.92 Å². The van der Waals surface area contributed by atoms with Crippen molar-refractivity contribution in [2.45, 2.75) is 34.1 Å². The molecule has 0 radical (unpaired) electrons. The van der Waals surface area contributed by atoms with Crippen LogP contribution >= 0.6 is 0 Å². The highest BCUT2D eigenvalue weighted by molar-refractivity contribution is 5.34. The van der Waals surface area contributed by atoms with Gasteiger partial charge in [-0.1, -0.05) is 13.8 Å². The van der Waals surface area contributed by atoms with Gasteiger partial charge in [-0.2, -0.15) is 5.26 Å². The highest BCUT2D eigenvalue weighted by Crippen LogP contribution is 2.25. The molecule has 98 valence electrons. The molecule has 0 aliphatic carbocycles. The number of hydrogen-bond donors (Lipinski definition) is 0. The molecule has 18 heavy (non-hydrogen) atoms. The second-order valence-corrected chi connectivity index (χ2v) is 4.96. The highest BCUT2D eigenvalue weighted by atomic mass is 15.3. The van der Waals surface area contributed by atoms with Gasteiger partial charge < -0.3 is 9.80 Å². The van der Waals surface area contributed by atoms with Crippen LogP contribution in [0.4, 0.5) is 0 Å². The Bertz CT molecular complexity index is 424. The van der Waals surface area contributed by atoms with Crippen LogP contribution in [-0.4, -0.2) is 23.5 Å². The molecule has 0 amide bonds. The molecule has 1 rings (SSSR count). The van der Waals surface area contributed by atoms with Crippen LogP contribution in [0.1, 0.15) is 34.1 Å². The van der Waals surface area contributed by atoms with Gasteiger partial charge in [-0.25, -0.2) is 0 Å². The molecule has 1 heterocycles. The van der Waals surface area contributed by atoms with Crippen LogP contribution in [0.5, 0.6) is 0 Å². The number of hydrogen-bond acceptors (Lipinski definition) is 3. The summed E-state index contributed by atoms with van der Waals surface area (Å²) in [5.41, 5.74) is 3.26. The molecule has 0 aromatic heterocycles. The third kappa shape index (κ3) is 3.40. The molecule has 1 aliphatic heterocycles. The maximum Gasteiger partial charge on any atom is 0.0944 e. The first kappa shape index (κ1) is 14.4. The molecule has 0 spiro atoms. The topological polar surface area (TPSA) is 30.3 Å². The zero-order valence-corrected chi connectivity index (χ0v) is 12.1. The van der Waals surface area contributed by atoms with Crippen LogP contribution in [-0.2, 0) is 0 Å². The van der Waals surface area contributed by atoms with E-state index in [1.165, 1.54) is 11.3 Å². The fraction of sp³-hybridized carbons (Fsp3) is 0.533. The van der Waals surface area contributed by atoms with Crippen molar-refractivity contribution in [3.8, 4) is 6.07 Å². The van der Waals surface area contributed by atoms with E-state index in [0.29, 0.717) is 5.92 Å². The quantitative estimate of drug-likeness (QED) is 0.561. The van der Waals surface area contributed by atoms with E-state index in [2.05, 4.69) is 56.1 Å². The minimum atomic E-state index is 0.465. The molecule has 0 N–H and O–H groups in total. The predicted octanol–water partition coefficient (Wildman–Crippen LogP) is 3.45. The van der Waals surface area contributed by atoms with Crippen LogP contribution < -0.4 is 0 Å². The van der Waals surface area contributed by atoms with Gasteiger partial charge in [-0.05, 0) is 37.8 Å². The first-order valence-electron chi connectivity index (χ1n) is 6.44. The molecule has 3 heteroatoms. The number of allylic oxidation sites excluding steroid dienone is 4. The lowest BCUT2D eigenvalue weighted by Gasteiger charge is -2.24. The largest absolute Gasteiger partial charge is 0.361 e. The van der Waals surface area contributed by atoms with Gasteiger partial charge in [0.2, 0.25) is 0 Å².